The quantitative estimate of drug-likeness (QED) is 0.346. The number of hydrogen-bond donors (Lipinski definition) is 1. The Morgan fingerprint density at radius 2 is 2.33 bits per heavy atom. The standard InChI is InChI=1S/C7H11NO/c1-7(4-6-9)3-2-5-8/h4-6,8H,2-3H2,1H3/b7-4-,8-5?. The average molecular weight is 125 g/mol. The van der Waals surface area contributed by atoms with Crippen LogP contribution >= 0.6 is 0 Å². The molecule has 0 aliphatic rings. The van der Waals surface area contributed by atoms with Gasteiger partial charge in [-0.25, -0.2) is 0 Å². The fourth-order valence-corrected chi connectivity index (χ4v) is 0.499. The second-order valence-electron chi connectivity index (χ2n) is 1.89. The fourth-order valence-electron chi connectivity index (χ4n) is 0.499. The van der Waals surface area contributed by atoms with E-state index in [-0.39, 0.29) is 0 Å². The van der Waals surface area contributed by atoms with Crippen molar-refractivity contribution in [3.8, 4) is 0 Å². The molecular formula is C7H11NO. The van der Waals surface area contributed by atoms with Crippen LogP contribution in [0.25, 0.3) is 0 Å². The Labute approximate surface area is 55.1 Å². The summed E-state index contributed by atoms with van der Waals surface area (Å²) in [7, 11) is 0. The number of rotatable bonds is 4. The van der Waals surface area contributed by atoms with E-state index in [1.54, 1.807) is 0 Å². The first-order chi connectivity index (χ1) is 4.31. The first-order valence-corrected chi connectivity index (χ1v) is 2.91. The number of carbonyl (C=O) groups excluding carboxylic acids is 1. The molecule has 2 nitrogen and oxygen atoms in total. The van der Waals surface area contributed by atoms with Gasteiger partial charge in [-0.3, -0.25) is 4.79 Å². The maximum atomic E-state index is 9.84. The number of carbonyl (C=O) groups is 1. The highest BCUT2D eigenvalue weighted by atomic mass is 16.1. The minimum atomic E-state index is 0.732. The van der Waals surface area contributed by atoms with Crippen LogP contribution in [0.15, 0.2) is 11.6 Å². The summed E-state index contributed by atoms with van der Waals surface area (Å²) in [5.41, 5.74) is 1.04. The summed E-state index contributed by atoms with van der Waals surface area (Å²) >= 11 is 0. The molecule has 0 aromatic rings. The van der Waals surface area contributed by atoms with Gasteiger partial charge in [-0.1, -0.05) is 5.57 Å². The Bertz CT molecular complexity index is 127. The average Bonchev–Trinajstić information content (AvgIpc) is 1.85. The van der Waals surface area contributed by atoms with Gasteiger partial charge in [0.15, 0.2) is 0 Å². The number of nitrogens with one attached hydrogen (secondary N) is 1. The monoisotopic (exact) mass is 125 g/mol. The molecule has 0 heterocycles. The van der Waals surface area contributed by atoms with Gasteiger partial charge in [-0.15, -0.1) is 0 Å². The molecule has 0 spiro atoms. The van der Waals surface area contributed by atoms with E-state index in [4.69, 9.17) is 5.41 Å². The van der Waals surface area contributed by atoms with Crippen LogP contribution in [0.1, 0.15) is 19.8 Å². The minimum Gasteiger partial charge on any atom is -0.313 e. The second kappa shape index (κ2) is 5.22. The van der Waals surface area contributed by atoms with Crippen LogP contribution in [0.5, 0.6) is 0 Å². The summed E-state index contributed by atoms with van der Waals surface area (Å²) in [6, 6.07) is 0. The van der Waals surface area contributed by atoms with Crippen LogP contribution in [-0.4, -0.2) is 12.5 Å². The van der Waals surface area contributed by atoms with Crippen molar-refractivity contribution in [3.05, 3.63) is 11.6 Å². The predicted octanol–water partition coefficient (Wildman–Crippen LogP) is 1.56. The molecule has 0 bridgehead atoms. The summed E-state index contributed by atoms with van der Waals surface area (Å²) in [6.07, 6.45) is 5.21. The van der Waals surface area contributed by atoms with E-state index in [0.29, 0.717) is 0 Å². The van der Waals surface area contributed by atoms with E-state index in [9.17, 15) is 4.79 Å². The first-order valence-electron chi connectivity index (χ1n) is 2.91. The van der Waals surface area contributed by atoms with Gasteiger partial charge in [0.2, 0.25) is 0 Å². The van der Waals surface area contributed by atoms with Crippen molar-refractivity contribution >= 4 is 12.5 Å². The second-order valence-corrected chi connectivity index (χ2v) is 1.89. The number of aldehydes is 1. The van der Waals surface area contributed by atoms with Crippen molar-refractivity contribution in [2.75, 3.05) is 0 Å². The van der Waals surface area contributed by atoms with Gasteiger partial charge in [-0.2, -0.15) is 0 Å². The Kier molecular flexibility index (Phi) is 4.69. The van der Waals surface area contributed by atoms with Crippen LogP contribution in [0.2, 0.25) is 0 Å². The van der Waals surface area contributed by atoms with Crippen LogP contribution < -0.4 is 0 Å². The SMILES string of the molecule is C/C(=C/C=O)CCC=N. The fraction of sp³-hybridized carbons (Fsp3) is 0.429. The molecule has 0 atom stereocenters. The molecule has 50 valence electrons. The number of hydrogen-bond acceptors (Lipinski definition) is 2. The lowest BCUT2D eigenvalue weighted by Gasteiger charge is -1.91. The van der Waals surface area contributed by atoms with Crippen molar-refractivity contribution in [3.63, 3.8) is 0 Å². The maximum Gasteiger partial charge on any atom is 0.142 e. The lowest BCUT2D eigenvalue weighted by atomic mass is 10.2. The predicted molar refractivity (Wildman–Crippen MR) is 37.8 cm³/mol. The maximum absolute atomic E-state index is 9.84. The molecule has 0 aromatic heterocycles. The van der Waals surface area contributed by atoms with Crippen molar-refractivity contribution in [2.24, 2.45) is 0 Å². The normalized spacial score (nSPS) is 11.0. The zero-order valence-electron chi connectivity index (χ0n) is 5.55. The van der Waals surface area contributed by atoms with Crippen molar-refractivity contribution in [2.45, 2.75) is 19.8 Å². The van der Waals surface area contributed by atoms with Gasteiger partial charge >= 0.3 is 0 Å². The molecule has 0 aliphatic heterocycles. The zero-order valence-corrected chi connectivity index (χ0v) is 5.55. The van der Waals surface area contributed by atoms with Crippen LogP contribution in [0.4, 0.5) is 0 Å². The zero-order chi connectivity index (χ0) is 7.11. The van der Waals surface area contributed by atoms with Crippen LogP contribution in [-0.2, 0) is 4.79 Å². The third-order valence-electron chi connectivity index (χ3n) is 1.04. The van der Waals surface area contributed by atoms with E-state index < -0.39 is 0 Å². The first kappa shape index (κ1) is 8.08. The summed E-state index contributed by atoms with van der Waals surface area (Å²) in [6.45, 7) is 1.89. The van der Waals surface area contributed by atoms with Gasteiger partial charge in [0.05, 0.1) is 0 Å². The molecule has 0 amide bonds. The Hall–Kier alpha value is -0.920. The van der Waals surface area contributed by atoms with E-state index in [1.165, 1.54) is 12.3 Å². The van der Waals surface area contributed by atoms with Gasteiger partial charge < -0.3 is 5.41 Å². The molecule has 0 radical (unpaired) electrons. The van der Waals surface area contributed by atoms with Crippen LogP contribution in [0, 0.1) is 5.41 Å². The topological polar surface area (TPSA) is 40.9 Å². The molecule has 1 N–H and O–H groups in total. The van der Waals surface area contributed by atoms with Crippen LogP contribution in [0.3, 0.4) is 0 Å². The molecule has 0 aliphatic carbocycles. The van der Waals surface area contributed by atoms with Gasteiger partial charge in [0, 0.05) is 0 Å². The molecule has 9 heavy (non-hydrogen) atoms. The third kappa shape index (κ3) is 4.94. The van der Waals surface area contributed by atoms with Gasteiger partial charge in [0.25, 0.3) is 0 Å². The van der Waals surface area contributed by atoms with Crippen molar-refractivity contribution < 1.29 is 4.79 Å². The highest BCUT2D eigenvalue weighted by molar-refractivity contribution is 5.66. The van der Waals surface area contributed by atoms with Gasteiger partial charge in [0.1, 0.15) is 6.29 Å². The molecule has 0 aromatic carbocycles. The summed E-state index contributed by atoms with van der Waals surface area (Å²) < 4.78 is 0. The Morgan fingerprint density at radius 3 is 2.78 bits per heavy atom. The van der Waals surface area contributed by atoms with E-state index in [2.05, 4.69) is 0 Å². The molecule has 0 rings (SSSR count). The smallest absolute Gasteiger partial charge is 0.142 e. The lowest BCUT2D eigenvalue weighted by molar-refractivity contribution is -0.104. The van der Waals surface area contributed by atoms with Crippen molar-refractivity contribution in [1.29, 1.82) is 5.41 Å². The molecule has 0 saturated carbocycles. The van der Waals surface area contributed by atoms with E-state index >= 15 is 0 Å². The molecule has 0 saturated heterocycles. The summed E-state index contributed by atoms with van der Waals surface area (Å²) in [5.74, 6) is 0. The van der Waals surface area contributed by atoms with E-state index in [0.717, 1.165) is 24.7 Å². The Morgan fingerprint density at radius 1 is 1.67 bits per heavy atom. The minimum absolute atomic E-state index is 0.732. The largest absolute Gasteiger partial charge is 0.313 e. The number of allylic oxidation sites excluding steroid dienone is 2. The van der Waals surface area contributed by atoms with Crippen molar-refractivity contribution in [1.82, 2.24) is 0 Å². The Balaban J connectivity index is 3.47. The lowest BCUT2D eigenvalue weighted by Crippen LogP contribution is -1.78. The summed E-state index contributed by atoms with van der Waals surface area (Å²) in [4.78, 5) is 9.84. The summed E-state index contributed by atoms with van der Waals surface area (Å²) in [5, 5.41) is 6.69. The molecular weight excluding hydrogens is 114 g/mol. The van der Waals surface area contributed by atoms with Gasteiger partial charge in [-0.05, 0) is 32.1 Å². The van der Waals surface area contributed by atoms with E-state index in [1.807, 2.05) is 6.92 Å². The third-order valence-corrected chi connectivity index (χ3v) is 1.04. The molecule has 2 heteroatoms. The molecule has 0 unspecified atom stereocenters. The highest BCUT2D eigenvalue weighted by Crippen LogP contribution is 1.99. The molecule has 0 fully saturated rings. The highest BCUT2D eigenvalue weighted by Gasteiger charge is 1.84.